The van der Waals surface area contributed by atoms with Gasteiger partial charge in [-0.05, 0) is 43.0 Å². The third kappa shape index (κ3) is 6.67. The molecule has 2 rings (SSSR count). The highest BCUT2D eigenvalue weighted by Crippen LogP contribution is 2.24. The molecule has 1 unspecified atom stereocenters. The maximum Gasteiger partial charge on any atom is 0.260 e. The maximum atomic E-state index is 12.2. The Bertz CT molecular complexity index is 531. The van der Waals surface area contributed by atoms with Gasteiger partial charge >= 0.3 is 0 Å². The zero-order chi connectivity index (χ0) is 18.3. The van der Waals surface area contributed by atoms with Crippen LogP contribution >= 0.6 is 0 Å². The first-order valence-electron chi connectivity index (χ1n) is 9.34. The summed E-state index contributed by atoms with van der Waals surface area (Å²) in [6.07, 6.45) is 0.485. The number of piperazine rings is 1. The Balaban J connectivity index is 1.69. The van der Waals surface area contributed by atoms with Gasteiger partial charge in [0, 0.05) is 32.7 Å². The normalized spacial score (nSPS) is 17.1. The molecule has 0 spiro atoms. The predicted molar refractivity (Wildman–Crippen MR) is 102 cm³/mol. The Morgan fingerprint density at radius 1 is 1.24 bits per heavy atom. The molecule has 0 aromatic heterocycles. The van der Waals surface area contributed by atoms with Gasteiger partial charge in [0.25, 0.3) is 5.91 Å². The van der Waals surface area contributed by atoms with Gasteiger partial charge in [-0.1, -0.05) is 32.9 Å². The molecule has 5 heteroatoms. The van der Waals surface area contributed by atoms with Crippen molar-refractivity contribution in [3.8, 4) is 5.75 Å². The molecular weight excluding hydrogens is 314 g/mol. The summed E-state index contributed by atoms with van der Waals surface area (Å²) in [5.41, 5.74) is 1.37. The molecule has 1 fully saturated rings. The topological polar surface area (TPSA) is 53.6 Å². The van der Waals surface area contributed by atoms with Crippen LogP contribution in [0.15, 0.2) is 24.3 Å². The Hall–Kier alpha value is -1.59. The van der Waals surface area contributed by atoms with E-state index in [2.05, 4.69) is 48.4 Å². The van der Waals surface area contributed by atoms with Gasteiger partial charge < -0.3 is 20.3 Å². The molecule has 0 bridgehead atoms. The van der Waals surface area contributed by atoms with Crippen LogP contribution in [0.1, 0.15) is 39.7 Å². The highest BCUT2D eigenvalue weighted by molar-refractivity contribution is 5.80. The second kappa shape index (κ2) is 9.20. The van der Waals surface area contributed by atoms with Crippen LogP contribution < -0.4 is 15.4 Å². The molecule has 2 N–H and O–H groups in total. The lowest BCUT2D eigenvalue weighted by Crippen LogP contribution is -2.44. The van der Waals surface area contributed by atoms with Gasteiger partial charge in [-0.15, -0.1) is 0 Å². The first-order chi connectivity index (χ1) is 11.9. The smallest absolute Gasteiger partial charge is 0.260 e. The fourth-order valence-corrected chi connectivity index (χ4v) is 2.88. The third-order valence-electron chi connectivity index (χ3n) is 4.56. The second-order valence-electron chi connectivity index (χ2n) is 7.77. The summed E-state index contributed by atoms with van der Waals surface area (Å²) in [5, 5.41) is 6.32. The van der Waals surface area contributed by atoms with E-state index in [-0.39, 0.29) is 11.3 Å². The lowest BCUT2D eigenvalue weighted by molar-refractivity contribution is -0.127. The highest BCUT2D eigenvalue weighted by atomic mass is 16.5. The predicted octanol–water partition coefficient (Wildman–Crippen LogP) is 2.16. The van der Waals surface area contributed by atoms with Gasteiger partial charge in [-0.25, -0.2) is 0 Å². The number of carbonyl (C=O) groups is 1. The standard InChI is InChI=1S/C20H33N3O2/c1-16(25-18-8-6-17(7-9-18)20(2,3)4)19(24)22-10-5-13-23-14-11-21-12-15-23/h6-9,16,21H,5,10-15H2,1-4H3,(H,22,24). The van der Waals surface area contributed by atoms with E-state index in [1.54, 1.807) is 6.92 Å². The van der Waals surface area contributed by atoms with Gasteiger partial charge in [0.1, 0.15) is 5.75 Å². The largest absolute Gasteiger partial charge is 0.481 e. The Morgan fingerprint density at radius 3 is 2.48 bits per heavy atom. The Kier molecular flexibility index (Phi) is 7.26. The number of nitrogens with zero attached hydrogens (tertiary/aromatic N) is 1. The van der Waals surface area contributed by atoms with Crippen LogP contribution in [-0.4, -0.2) is 56.2 Å². The van der Waals surface area contributed by atoms with Crippen LogP contribution in [0.5, 0.6) is 5.75 Å². The van der Waals surface area contributed by atoms with Crippen LogP contribution in [0.3, 0.4) is 0 Å². The van der Waals surface area contributed by atoms with E-state index >= 15 is 0 Å². The molecule has 1 aromatic carbocycles. The molecule has 1 aliphatic heterocycles. The number of hydrogen-bond donors (Lipinski definition) is 2. The molecule has 0 saturated carbocycles. The molecule has 0 aliphatic carbocycles. The second-order valence-corrected chi connectivity index (χ2v) is 7.77. The van der Waals surface area contributed by atoms with Crippen LogP contribution in [0.2, 0.25) is 0 Å². The lowest BCUT2D eigenvalue weighted by Gasteiger charge is -2.27. The highest BCUT2D eigenvalue weighted by Gasteiger charge is 2.16. The fourth-order valence-electron chi connectivity index (χ4n) is 2.88. The fraction of sp³-hybridized carbons (Fsp3) is 0.650. The average molecular weight is 348 g/mol. The van der Waals surface area contributed by atoms with Gasteiger partial charge in [-0.2, -0.15) is 0 Å². The van der Waals surface area contributed by atoms with Crippen molar-refractivity contribution in [2.75, 3.05) is 39.3 Å². The van der Waals surface area contributed by atoms with E-state index < -0.39 is 6.10 Å². The number of nitrogens with one attached hydrogen (secondary N) is 2. The number of ether oxygens (including phenoxy) is 1. The summed E-state index contributed by atoms with van der Waals surface area (Å²) in [6, 6.07) is 8.00. The maximum absolute atomic E-state index is 12.2. The van der Waals surface area contributed by atoms with Crippen LogP contribution in [0.4, 0.5) is 0 Å². The number of carbonyl (C=O) groups excluding carboxylic acids is 1. The van der Waals surface area contributed by atoms with Crippen molar-refractivity contribution in [3.05, 3.63) is 29.8 Å². The Labute approximate surface area is 152 Å². The molecule has 1 saturated heterocycles. The summed E-state index contributed by atoms with van der Waals surface area (Å²) >= 11 is 0. The van der Waals surface area contributed by atoms with E-state index in [0.717, 1.165) is 44.9 Å². The zero-order valence-corrected chi connectivity index (χ0v) is 16.1. The van der Waals surface area contributed by atoms with E-state index in [9.17, 15) is 4.79 Å². The number of hydrogen-bond acceptors (Lipinski definition) is 4. The van der Waals surface area contributed by atoms with Crippen LogP contribution in [0, 0.1) is 0 Å². The van der Waals surface area contributed by atoms with E-state index in [4.69, 9.17) is 4.74 Å². The molecule has 140 valence electrons. The van der Waals surface area contributed by atoms with Crippen molar-refractivity contribution in [2.45, 2.75) is 45.6 Å². The number of rotatable bonds is 7. The summed E-state index contributed by atoms with van der Waals surface area (Å²) in [4.78, 5) is 14.6. The molecule has 1 atom stereocenters. The first kappa shape index (κ1) is 19.7. The summed E-state index contributed by atoms with van der Waals surface area (Å²) in [5.74, 6) is 0.677. The lowest BCUT2D eigenvalue weighted by atomic mass is 9.87. The third-order valence-corrected chi connectivity index (χ3v) is 4.56. The van der Waals surface area contributed by atoms with Crippen molar-refractivity contribution in [1.29, 1.82) is 0 Å². The average Bonchev–Trinajstić information content (AvgIpc) is 2.59. The van der Waals surface area contributed by atoms with E-state index in [0.29, 0.717) is 6.54 Å². The van der Waals surface area contributed by atoms with Crippen molar-refractivity contribution in [3.63, 3.8) is 0 Å². The monoisotopic (exact) mass is 347 g/mol. The quantitative estimate of drug-likeness (QED) is 0.742. The number of amides is 1. The Morgan fingerprint density at radius 2 is 1.88 bits per heavy atom. The SMILES string of the molecule is CC(Oc1ccc(C(C)(C)C)cc1)C(=O)NCCCN1CCNCC1. The molecule has 1 heterocycles. The molecule has 0 radical (unpaired) electrons. The zero-order valence-electron chi connectivity index (χ0n) is 16.1. The van der Waals surface area contributed by atoms with E-state index in [1.165, 1.54) is 5.56 Å². The summed E-state index contributed by atoms with van der Waals surface area (Å²) < 4.78 is 5.76. The molecule has 1 amide bonds. The minimum absolute atomic E-state index is 0.0554. The van der Waals surface area contributed by atoms with Crippen molar-refractivity contribution in [2.24, 2.45) is 0 Å². The van der Waals surface area contributed by atoms with Crippen LogP contribution in [-0.2, 0) is 10.2 Å². The molecular formula is C20H33N3O2. The number of benzene rings is 1. The summed E-state index contributed by atoms with van der Waals surface area (Å²) in [7, 11) is 0. The minimum Gasteiger partial charge on any atom is -0.481 e. The van der Waals surface area contributed by atoms with Crippen molar-refractivity contribution < 1.29 is 9.53 Å². The van der Waals surface area contributed by atoms with Gasteiger partial charge in [0.2, 0.25) is 0 Å². The first-order valence-corrected chi connectivity index (χ1v) is 9.34. The molecule has 1 aliphatic rings. The molecule has 5 nitrogen and oxygen atoms in total. The van der Waals surface area contributed by atoms with Crippen molar-refractivity contribution in [1.82, 2.24) is 15.5 Å². The molecule has 1 aromatic rings. The van der Waals surface area contributed by atoms with Gasteiger partial charge in [-0.3, -0.25) is 4.79 Å². The van der Waals surface area contributed by atoms with E-state index in [1.807, 2.05) is 12.1 Å². The minimum atomic E-state index is -0.486. The summed E-state index contributed by atoms with van der Waals surface area (Å²) in [6.45, 7) is 14.4. The molecule has 25 heavy (non-hydrogen) atoms. The van der Waals surface area contributed by atoms with Crippen molar-refractivity contribution >= 4 is 5.91 Å². The van der Waals surface area contributed by atoms with Gasteiger partial charge in [0.15, 0.2) is 6.10 Å². The van der Waals surface area contributed by atoms with Gasteiger partial charge in [0.05, 0.1) is 0 Å². The van der Waals surface area contributed by atoms with Crippen LogP contribution in [0.25, 0.3) is 0 Å².